The highest BCUT2D eigenvalue weighted by molar-refractivity contribution is 7.80. The van der Waals surface area contributed by atoms with E-state index < -0.39 is 0 Å². The molecule has 2 aromatic rings. The van der Waals surface area contributed by atoms with Crippen molar-refractivity contribution in [3.05, 3.63) is 27.7 Å². The van der Waals surface area contributed by atoms with E-state index in [1.54, 1.807) is 26.9 Å². The quantitative estimate of drug-likeness (QED) is 0.609. The molecule has 0 amide bonds. The monoisotopic (exact) mass is 268 g/mol. The lowest BCUT2D eigenvalue weighted by atomic mass is 10.1. The van der Waals surface area contributed by atoms with Crippen molar-refractivity contribution >= 4 is 32.9 Å². The predicted octanol–water partition coefficient (Wildman–Crippen LogP) is 4.34. The molecule has 0 aromatic carbocycles. The van der Waals surface area contributed by atoms with E-state index in [9.17, 15) is 0 Å². The predicted molar refractivity (Wildman–Crippen MR) is 72.7 cm³/mol. The Kier molecular flexibility index (Phi) is 4.15. The summed E-state index contributed by atoms with van der Waals surface area (Å²) in [6.45, 7) is 2.20. The lowest BCUT2D eigenvalue weighted by Crippen LogP contribution is -1.89. The molecule has 0 N–H and O–H groups in total. The molecule has 0 radical (unpaired) electrons. The lowest BCUT2D eigenvalue weighted by molar-refractivity contribution is 0.797. The number of hydrogen-bond donors (Lipinski definition) is 0. The fraction of sp³-hybridized carbons (Fsp3) is 0.364. The summed E-state index contributed by atoms with van der Waals surface area (Å²) in [7, 11) is 3.38. The topological polar surface area (TPSA) is 25.8 Å². The summed E-state index contributed by atoms with van der Waals surface area (Å²) in [6.07, 6.45) is 5.12. The summed E-state index contributed by atoms with van der Waals surface area (Å²) in [5, 5.41) is 8.07. The summed E-state index contributed by atoms with van der Waals surface area (Å²) in [4.78, 5) is 1.21. The van der Waals surface area contributed by atoms with Gasteiger partial charge in [-0.25, -0.2) is 0 Å². The summed E-state index contributed by atoms with van der Waals surface area (Å²) in [6, 6.07) is 3.91. The van der Waals surface area contributed by atoms with Gasteiger partial charge in [0.15, 0.2) is 0 Å². The second-order valence-corrected chi connectivity index (χ2v) is 6.29. The molecule has 0 aliphatic heterocycles. The van der Waals surface area contributed by atoms with Gasteiger partial charge in [0, 0.05) is 11.8 Å². The van der Waals surface area contributed by atoms with Gasteiger partial charge in [0.25, 0.3) is 0 Å². The van der Waals surface area contributed by atoms with Crippen molar-refractivity contribution < 1.29 is 0 Å². The van der Waals surface area contributed by atoms with Crippen LogP contribution in [0.2, 0.25) is 0 Å². The van der Waals surface area contributed by atoms with E-state index in [0.29, 0.717) is 0 Å². The minimum absolute atomic E-state index is 0.950. The highest BCUT2D eigenvalue weighted by Crippen LogP contribution is 2.33. The van der Waals surface area contributed by atoms with Crippen LogP contribution >= 0.6 is 32.9 Å². The molecular weight excluding hydrogens is 256 g/mol. The van der Waals surface area contributed by atoms with E-state index >= 15 is 0 Å². The second-order valence-electron chi connectivity index (χ2n) is 3.47. The van der Waals surface area contributed by atoms with Crippen molar-refractivity contribution in [1.29, 1.82) is 0 Å². The van der Waals surface area contributed by atoms with Crippen molar-refractivity contribution in [2.45, 2.75) is 26.2 Å². The normalized spacial score (nSPS) is 10.6. The van der Waals surface area contributed by atoms with Crippen LogP contribution in [0.15, 0.2) is 18.3 Å². The average molecular weight is 268 g/mol. The van der Waals surface area contributed by atoms with Gasteiger partial charge in [0.05, 0.1) is 4.88 Å². The first-order chi connectivity index (χ1) is 7.83. The van der Waals surface area contributed by atoms with Crippen LogP contribution in [0.5, 0.6) is 0 Å². The Morgan fingerprint density at radius 3 is 2.94 bits per heavy atom. The maximum absolute atomic E-state index is 5.37. The van der Waals surface area contributed by atoms with Gasteiger partial charge in [-0.3, -0.25) is 0 Å². The number of rotatable bonds is 4. The molecule has 0 aliphatic carbocycles. The van der Waals surface area contributed by atoms with Crippen LogP contribution in [0.4, 0.5) is 0 Å². The summed E-state index contributed by atoms with van der Waals surface area (Å²) in [5.74, 6) is 0. The number of nitrogens with zero attached hydrogens (tertiary/aromatic N) is 2. The Morgan fingerprint density at radius 1 is 1.38 bits per heavy atom. The van der Waals surface area contributed by atoms with Crippen LogP contribution < -0.4 is 0 Å². The Labute approximate surface area is 107 Å². The SMILES string of the molecule is CCCCc1c(-c2cccnn2)ssc1=S. The summed E-state index contributed by atoms with van der Waals surface area (Å²) in [5.41, 5.74) is 2.23. The molecule has 0 spiro atoms. The second kappa shape index (κ2) is 5.61. The molecular formula is C11H12N2S3. The fourth-order valence-corrected chi connectivity index (χ4v) is 4.40. The Hall–Kier alpha value is -0.650. The third kappa shape index (κ3) is 2.53. The highest BCUT2D eigenvalue weighted by Gasteiger charge is 2.11. The standard InChI is InChI=1S/C11H12N2S3/c1-2-3-5-8-10(15-16-11(8)14)9-6-4-7-12-13-9/h4,6-7H,2-3,5H2,1H3. The molecule has 0 saturated carbocycles. The van der Waals surface area contributed by atoms with Crippen molar-refractivity contribution in [3.63, 3.8) is 0 Å². The molecule has 0 atom stereocenters. The van der Waals surface area contributed by atoms with E-state index in [1.165, 1.54) is 23.3 Å². The molecule has 16 heavy (non-hydrogen) atoms. The van der Waals surface area contributed by atoms with E-state index in [1.807, 2.05) is 12.1 Å². The fourth-order valence-electron chi connectivity index (χ4n) is 1.46. The zero-order chi connectivity index (χ0) is 11.4. The van der Waals surface area contributed by atoms with Gasteiger partial charge in [0.1, 0.15) is 9.52 Å². The molecule has 0 fully saturated rings. The van der Waals surface area contributed by atoms with Gasteiger partial charge in [-0.15, -0.1) is 5.10 Å². The van der Waals surface area contributed by atoms with E-state index in [4.69, 9.17) is 12.2 Å². The smallest absolute Gasteiger partial charge is 0.105 e. The van der Waals surface area contributed by atoms with E-state index in [2.05, 4.69) is 17.1 Å². The summed E-state index contributed by atoms with van der Waals surface area (Å²) < 4.78 is 1.01. The molecule has 0 aliphatic rings. The van der Waals surface area contributed by atoms with Crippen LogP contribution in [-0.4, -0.2) is 10.2 Å². The first-order valence-corrected chi connectivity index (χ1v) is 7.78. The van der Waals surface area contributed by atoms with Crippen molar-refractivity contribution in [3.8, 4) is 10.6 Å². The van der Waals surface area contributed by atoms with Crippen LogP contribution in [0, 0.1) is 3.82 Å². The molecule has 84 valence electrons. The van der Waals surface area contributed by atoms with Gasteiger partial charge in [-0.2, -0.15) is 5.10 Å². The maximum Gasteiger partial charge on any atom is 0.105 e. The first-order valence-electron chi connectivity index (χ1n) is 5.23. The zero-order valence-electron chi connectivity index (χ0n) is 8.97. The molecule has 0 bridgehead atoms. The maximum atomic E-state index is 5.37. The minimum Gasteiger partial charge on any atom is -0.159 e. The third-order valence-corrected chi connectivity index (χ3v) is 5.47. The van der Waals surface area contributed by atoms with Crippen LogP contribution in [0.25, 0.3) is 10.6 Å². The first kappa shape index (κ1) is 11.8. The Balaban J connectivity index is 2.38. The van der Waals surface area contributed by atoms with Crippen molar-refractivity contribution in [1.82, 2.24) is 10.2 Å². The molecule has 0 unspecified atom stereocenters. The van der Waals surface area contributed by atoms with Gasteiger partial charge in [-0.05, 0) is 25.0 Å². The van der Waals surface area contributed by atoms with Gasteiger partial charge < -0.3 is 0 Å². The summed E-state index contributed by atoms with van der Waals surface area (Å²) >= 11 is 5.37. The van der Waals surface area contributed by atoms with Gasteiger partial charge in [0.2, 0.25) is 0 Å². The van der Waals surface area contributed by atoms with Crippen LogP contribution in [-0.2, 0) is 6.42 Å². The van der Waals surface area contributed by atoms with E-state index in [0.717, 1.165) is 15.9 Å². The number of aromatic nitrogens is 2. The van der Waals surface area contributed by atoms with Crippen molar-refractivity contribution in [2.75, 3.05) is 0 Å². The molecule has 2 heterocycles. The molecule has 2 rings (SSSR count). The van der Waals surface area contributed by atoms with Crippen LogP contribution in [0.3, 0.4) is 0 Å². The van der Waals surface area contributed by atoms with Gasteiger partial charge in [-0.1, -0.05) is 46.2 Å². The molecule has 2 aromatic heterocycles. The highest BCUT2D eigenvalue weighted by atomic mass is 32.9. The molecule has 0 saturated heterocycles. The molecule has 5 heteroatoms. The van der Waals surface area contributed by atoms with Crippen molar-refractivity contribution in [2.24, 2.45) is 0 Å². The average Bonchev–Trinajstić information content (AvgIpc) is 2.69. The minimum atomic E-state index is 0.950. The van der Waals surface area contributed by atoms with Gasteiger partial charge >= 0.3 is 0 Å². The lowest BCUT2D eigenvalue weighted by Gasteiger charge is -2.00. The third-order valence-electron chi connectivity index (χ3n) is 2.31. The van der Waals surface area contributed by atoms with Crippen LogP contribution in [0.1, 0.15) is 25.3 Å². The Bertz CT molecular complexity index is 501. The van der Waals surface area contributed by atoms with E-state index in [-0.39, 0.29) is 0 Å². The Morgan fingerprint density at radius 2 is 2.25 bits per heavy atom. The molecule has 2 nitrogen and oxygen atoms in total. The number of unbranched alkanes of at least 4 members (excludes halogenated alkanes) is 1. The largest absolute Gasteiger partial charge is 0.159 e. The number of hydrogen-bond acceptors (Lipinski definition) is 5. The zero-order valence-corrected chi connectivity index (χ0v) is 11.4.